The molecular formula is C17H18O4. The normalized spacial score (nSPS) is 16.0. The third-order valence-corrected chi connectivity index (χ3v) is 3.89. The zero-order chi connectivity index (χ0) is 14.7. The highest BCUT2D eigenvalue weighted by Gasteiger charge is 2.17. The van der Waals surface area contributed by atoms with Gasteiger partial charge in [0.1, 0.15) is 11.3 Å². The summed E-state index contributed by atoms with van der Waals surface area (Å²) in [5.41, 5.74) is 0.223. The van der Waals surface area contributed by atoms with Crippen LogP contribution in [-0.4, -0.2) is 30.9 Å². The molecule has 1 fully saturated rings. The Kier molecular flexibility index (Phi) is 4.06. The summed E-state index contributed by atoms with van der Waals surface area (Å²) in [5, 5.41) is 11.3. The molecule has 3 rings (SSSR count). The molecule has 1 aliphatic rings. The van der Waals surface area contributed by atoms with Crippen molar-refractivity contribution < 1.29 is 19.4 Å². The van der Waals surface area contributed by atoms with Crippen LogP contribution in [-0.2, 0) is 4.74 Å². The van der Waals surface area contributed by atoms with Crippen molar-refractivity contribution in [2.75, 3.05) is 19.8 Å². The highest BCUT2D eigenvalue weighted by molar-refractivity contribution is 5.97. The number of hydrogen-bond donors (Lipinski definition) is 1. The number of fused-ring (bicyclic) bond motifs is 1. The maximum Gasteiger partial charge on any atom is 0.339 e. The van der Waals surface area contributed by atoms with Gasteiger partial charge in [-0.2, -0.15) is 0 Å². The van der Waals surface area contributed by atoms with Gasteiger partial charge in [0, 0.05) is 13.2 Å². The second-order valence-corrected chi connectivity index (χ2v) is 5.37. The van der Waals surface area contributed by atoms with Gasteiger partial charge in [-0.25, -0.2) is 4.79 Å². The van der Waals surface area contributed by atoms with E-state index >= 15 is 0 Å². The summed E-state index contributed by atoms with van der Waals surface area (Å²) in [6.45, 7) is 2.07. The number of carbonyl (C=O) groups is 1. The lowest BCUT2D eigenvalue weighted by Crippen LogP contribution is -2.22. The molecule has 0 unspecified atom stereocenters. The molecule has 2 aromatic carbocycles. The van der Waals surface area contributed by atoms with Gasteiger partial charge in [-0.3, -0.25) is 0 Å². The summed E-state index contributed by atoms with van der Waals surface area (Å²) in [7, 11) is 0. The molecule has 1 saturated heterocycles. The fourth-order valence-corrected chi connectivity index (χ4v) is 2.63. The van der Waals surface area contributed by atoms with Crippen molar-refractivity contribution in [1.82, 2.24) is 0 Å². The van der Waals surface area contributed by atoms with Crippen molar-refractivity contribution in [1.29, 1.82) is 0 Å². The molecule has 0 atom stereocenters. The van der Waals surface area contributed by atoms with E-state index in [9.17, 15) is 9.90 Å². The van der Waals surface area contributed by atoms with E-state index in [2.05, 4.69) is 0 Å². The Labute approximate surface area is 123 Å². The van der Waals surface area contributed by atoms with Crippen LogP contribution in [0.4, 0.5) is 0 Å². The molecule has 1 aliphatic heterocycles. The largest absolute Gasteiger partial charge is 0.492 e. The number of aromatic carboxylic acids is 1. The van der Waals surface area contributed by atoms with Crippen molar-refractivity contribution in [3.63, 3.8) is 0 Å². The quantitative estimate of drug-likeness (QED) is 0.936. The number of carboxylic acids is 1. The van der Waals surface area contributed by atoms with E-state index in [0.29, 0.717) is 18.3 Å². The lowest BCUT2D eigenvalue weighted by Gasteiger charge is -2.22. The first-order valence-corrected chi connectivity index (χ1v) is 7.20. The molecule has 21 heavy (non-hydrogen) atoms. The zero-order valence-corrected chi connectivity index (χ0v) is 11.7. The highest BCUT2D eigenvalue weighted by Crippen LogP contribution is 2.27. The predicted octanol–water partition coefficient (Wildman–Crippen LogP) is 3.34. The molecule has 4 nitrogen and oxygen atoms in total. The molecule has 1 N–H and O–H groups in total. The van der Waals surface area contributed by atoms with Gasteiger partial charge in [0.25, 0.3) is 0 Å². The first-order chi connectivity index (χ1) is 10.2. The number of rotatable bonds is 4. The average molecular weight is 286 g/mol. The molecule has 1 heterocycles. The topological polar surface area (TPSA) is 55.8 Å². The Balaban J connectivity index is 1.84. The van der Waals surface area contributed by atoms with Crippen LogP contribution in [0.2, 0.25) is 0 Å². The van der Waals surface area contributed by atoms with E-state index in [1.165, 1.54) is 0 Å². The third kappa shape index (κ3) is 3.16. The molecule has 0 aliphatic carbocycles. The standard InChI is InChI=1S/C17H18O4/c18-17(19)15-9-13-3-1-2-4-14(13)10-16(15)21-11-12-5-7-20-8-6-12/h1-4,9-10,12H,5-8,11H2,(H,18,19). The van der Waals surface area contributed by atoms with Crippen molar-refractivity contribution >= 4 is 16.7 Å². The minimum Gasteiger partial charge on any atom is -0.492 e. The Hall–Kier alpha value is -2.07. The van der Waals surface area contributed by atoms with Gasteiger partial charge in [-0.05, 0) is 41.7 Å². The van der Waals surface area contributed by atoms with E-state index < -0.39 is 5.97 Å². The molecule has 0 amide bonds. The maximum absolute atomic E-state index is 11.4. The molecule has 0 bridgehead atoms. The summed E-state index contributed by atoms with van der Waals surface area (Å²) >= 11 is 0. The van der Waals surface area contributed by atoms with Gasteiger partial charge in [-0.15, -0.1) is 0 Å². The van der Waals surface area contributed by atoms with E-state index in [-0.39, 0.29) is 5.56 Å². The van der Waals surface area contributed by atoms with Crippen LogP contribution >= 0.6 is 0 Å². The van der Waals surface area contributed by atoms with Crippen molar-refractivity contribution in [2.45, 2.75) is 12.8 Å². The lowest BCUT2D eigenvalue weighted by atomic mass is 10.0. The van der Waals surface area contributed by atoms with Crippen LogP contribution in [0.3, 0.4) is 0 Å². The molecule has 110 valence electrons. The van der Waals surface area contributed by atoms with Crippen LogP contribution in [0, 0.1) is 5.92 Å². The molecule has 0 radical (unpaired) electrons. The predicted molar refractivity (Wildman–Crippen MR) is 79.9 cm³/mol. The SMILES string of the molecule is O=C(O)c1cc2ccccc2cc1OCC1CCOCC1. The molecule has 2 aromatic rings. The Morgan fingerprint density at radius 3 is 2.52 bits per heavy atom. The number of carboxylic acid groups (broad SMARTS) is 1. The highest BCUT2D eigenvalue weighted by atomic mass is 16.5. The number of benzene rings is 2. The fraction of sp³-hybridized carbons (Fsp3) is 0.353. The van der Waals surface area contributed by atoms with E-state index in [1.807, 2.05) is 30.3 Å². The fourth-order valence-electron chi connectivity index (χ4n) is 2.63. The zero-order valence-electron chi connectivity index (χ0n) is 11.7. The van der Waals surface area contributed by atoms with Gasteiger partial charge in [0.05, 0.1) is 6.61 Å². The Morgan fingerprint density at radius 2 is 1.86 bits per heavy atom. The Bertz CT molecular complexity index is 644. The second-order valence-electron chi connectivity index (χ2n) is 5.37. The minimum atomic E-state index is -0.956. The molecule has 4 heteroatoms. The van der Waals surface area contributed by atoms with Gasteiger partial charge in [0.2, 0.25) is 0 Å². The summed E-state index contributed by atoms with van der Waals surface area (Å²) in [6, 6.07) is 11.2. The first kappa shape index (κ1) is 13.9. The van der Waals surface area contributed by atoms with Crippen LogP contribution in [0.25, 0.3) is 10.8 Å². The average Bonchev–Trinajstić information content (AvgIpc) is 2.53. The van der Waals surface area contributed by atoms with Crippen molar-refractivity contribution in [2.24, 2.45) is 5.92 Å². The van der Waals surface area contributed by atoms with Crippen LogP contribution in [0.5, 0.6) is 5.75 Å². The maximum atomic E-state index is 11.4. The summed E-state index contributed by atoms with van der Waals surface area (Å²) in [5.74, 6) is -0.0673. The molecule has 0 aromatic heterocycles. The van der Waals surface area contributed by atoms with Crippen LogP contribution < -0.4 is 4.74 Å². The van der Waals surface area contributed by atoms with E-state index in [0.717, 1.165) is 36.8 Å². The van der Waals surface area contributed by atoms with Crippen LogP contribution in [0.15, 0.2) is 36.4 Å². The first-order valence-electron chi connectivity index (χ1n) is 7.20. The molecular weight excluding hydrogens is 268 g/mol. The van der Waals surface area contributed by atoms with Crippen molar-refractivity contribution in [3.8, 4) is 5.75 Å². The number of ether oxygens (including phenoxy) is 2. The summed E-state index contributed by atoms with van der Waals surface area (Å²) in [6.07, 6.45) is 1.94. The molecule has 0 spiro atoms. The summed E-state index contributed by atoms with van der Waals surface area (Å²) < 4.78 is 11.1. The van der Waals surface area contributed by atoms with E-state index in [1.54, 1.807) is 6.07 Å². The third-order valence-electron chi connectivity index (χ3n) is 3.89. The van der Waals surface area contributed by atoms with Gasteiger partial charge < -0.3 is 14.6 Å². The lowest BCUT2D eigenvalue weighted by molar-refractivity contribution is 0.0490. The summed E-state index contributed by atoms with van der Waals surface area (Å²) in [4.78, 5) is 11.4. The molecule has 0 saturated carbocycles. The smallest absolute Gasteiger partial charge is 0.339 e. The number of hydrogen-bond acceptors (Lipinski definition) is 3. The van der Waals surface area contributed by atoms with Gasteiger partial charge in [0.15, 0.2) is 0 Å². The van der Waals surface area contributed by atoms with Crippen molar-refractivity contribution in [3.05, 3.63) is 42.0 Å². The Morgan fingerprint density at radius 1 is 1.19 bits per heavy atom. The van der Waals surface area contributed by atoms with Gasteiger partial charge >= 0.3 is 5.97 Å². The van der Waals surface area contributed by atoms with Gasteiger partial charge in [-0.1, -0.05) is 24.3 Å². The van der Waals surface area contributed by atoms with Crippen LogP contribution in [0.1, 0.15) is 23.2 Å². The minimum absolute atomic E-state index is 0.223. The van der Waals surface area contributed by atoms with E-state index in [4.69, 9.17) is 9.47 Å². The second kappa shape index (κ2) is 6.14. The monoisotopic (exact) mass is 286 g/mol.